The van der Waals surface area contributed by atoms with Crippen LogP contribution in [0.5, 0.6) is 11.5 Å². The van der Waals surface area contributed by atoms with Crippen molar-refractivity contribution in [3.05, 3.63) is 95.1 Å². The minimum absolute atomic E-state index is 0.295. The predicted molar refractivity (Wildman–Crippen MR) is 110 cm³/mol. The third-order valence-electron chi connectivity index (χ3n) is 4.15. The number of benzene rings is 3. The lowest BCUT2D eigenvalue weighted by Crippen LogP contribution is -2.17. The summed E-state index contributed by atoms with van der Waals surface area (Å²) in [7, 11) is 1.59. The fraction of sp³-hybridized carbons (Fsp3) is 0.130. The number of rotatable bonds is 7. The summed E-state index contributed by atoms with van der Waals surface area (Å²) in [4.78, 5) is 12.2. The van der Waals surface area contributed by atoms with Crippen LogP contribution in [0, 0.1) is 6.92 Å². The molecular formula is C23H22N2O3. The minimum atomic E-state index is -0.295. The van der Waals surface area contributed by atoms with E-state index in [2.05, 4.69) is 29.6 Å². The van der Waals surface area contributed by atoms with E-state index in [9.17, 15) is 4.79 Å². The summed E-state index contributed by atoms with van der Waals surface area (Å²) in [6, 6.07) is 22.6. The lowest BCUT2D eigenvalue weighted by atomic mass is 10.2. The first-order valence-corrected chi connectivity index (χ1v) is 8.90. The number of methoxy groups -OCH3 is 1. The van der Waals surface area contributed by atoms with Gasteiger partial charge in [-0.3, -0.25) is 4.79 Å². The number of hydrogen-bond donors (Lipinski definition) is 1. The van der Waals surface area contributed by atoms with Gasteiger partial charge in [0.2, 0.25) is 0 Å². The van der Waals surface area contributed by atoms with Gasteiger partial charge in [0.25, 0.3) is 5.91 Å². The van der Waals surface area contributed by atoms with Crippen molar-refractivity contribution in [2.75, 3.05) is 7.11 Å². The average Bonchev–Trinajstić information content (AvgIpc) is 2.74. The van der Waals surface area contributed by atoms with E-state index in [4.69, 9.17) is 9.47 Å². The van der Waals surface area contributed by atoms with Crippen LogP contribution < -0.4 is 14.9 Å². The van der Waals surface area contributed by atoms with Gasteiger partial charge in [-0.05, 0) is 48.9 Å². The van der Waals surface area contributed by atoms with E-state index in [-0.39, 0.29) is 5.91 Å². The minimum Gasteiger partial charge on any atom is -0.496 e. The second-order valence-electron chi connectivity index (χ2n) is 6.24. The predicted octanol–water partition coefficient (Wildman–Crippen LogP) is 4.35. The van der Waals surface area contributed by atoms with Crippen LogP contribution in [0.15, 0.2) is 77.9 Å². The van der Waals surface area contributed by atoms with Gasteiger partial charge in [-0.25, -0.2) is 5.43 Å². The molecule has 0 saturated heterocycles. The maximum Gasteiger partial charge on any atom is 0.271 e. The zero-order valence-corrected chi connectivity index (χ0v) is 15.9. The Balaban J connectivity index is 1.54. The smallest absolute Gasteiger partial charge is 0.271 e. The van der Waals surface area contributed by atoms with Crippen LogP contribution in [0.3, 0.4) is 0 Å². The van der Waals surface area contributed by atoms with Crippen LogP contribution >= 0.6 is 0 Å². The lowest BCUT2D eigenvalue weighted by Gasteiger charge is -2.07. The molecule has 1 amide bonds. The number of nitrogens with one attached hydrogen (secondary N) is 1. The van der Waals surface area contributed by atoms with Gasteiger partial charge in [-0.1, -0.05) is 42.0 Å². The van der Waals surface area contributed by atoms with Crippen molar-refractivity contribution in [3.8, 4) is 11.5 Å². The van der Waals surface area contributed by atoms with Crippen molar-refractivity contribution in [1.82, 2.24) is 5.43 Å². The maximum atomic E-state index is 12.2. The molecule has 0 aliphatic heterocycles. The highest BCUT2D eigenvalue weighted by atomic mass is 16.5. The van der Waals surface area contributed by atoms with E-state index in [0.29, 0.717) is 23.7 Å². The number of hydrazone groups is 1. The first kappa shape index (κ1) is 19.2. The highest BCUT2D eigenvalue weighted by Gasteiger charge is 2.05. The van der Waals surface area contributed by atoms with E-state index < -0.39 is 0 Å². The van der Waals surface area contributed by atoms with Crippen molar-refractivity contribution >= 4 is 12.1 Å². The Bertz CT molecular complexity index is 948. The molecule has 0 unspecified atom stereocenters. The van der Waals surface area contributed by atoms with Gasteiger partial charge in [-0.15, -0.1) is 0 Å². The largest absolute Gasteiger partial charge is 0.496 e. The Kier molecular flexibility index (Phi) is 6.41. The van der Waals surface area contributed by atoms with Gasteiger partial charge in [0.15, 0.2) is 0 Å². The molecule has 3 aromatic rings. The molecule has 5 nitrogen and oxygen atoms in total. The highest BCUT2D eigenvalue weighted by Crippen LogP contribution is 2.16. The number of carbonyl (C=O) groups is 1. The number of nitrogens with zero attached hydrogens (tertiary/aromatic N) is 1. The second-order valence-corrected chi connectivity index (χ2v) is 6.24. The number of ether oxygens (including phenoxy) is 2. The van der Waals surface area contributed by atoms with Gasteiger partial charge >= 0.3 is 0 Å². The molecule has 0 bridgehead atoms. The summed E-state index contributed by atoms with van der Waals surface area (Å²) in [5.41, 5.74) is 6.11. The van der Waals surface area contributed by atoms with Crippen LogP contribution in [-0.4, -0.2) is 19.2 Å². The summed E-state index contributed by atoms with van der Waals surface area (Å²) in [6.45, 7) is 2.53. The van der Waals surface area contributed by atoms with Crippen molar-refractivity contribution in [2.24, 2.45) is 5.10 Å². The number of hydrogen-bond acceptors (Lipinski definition) is 4. The topological polar surface area (TPSA) is 59.9 Å². The molecule has 0 aliphatic rings. The van der Waals surface area contributed by atoms with Gasteiger partial charge < -0.3 is 9.47 Å². The van der Waals surface area contributed by atoms with Crippen LogP contribution in [-0.2, 0) is 6.61 Å². The molecule has 0 spiro atoms. The molecular weight excluding hydrogens is 352 g/mol. The third-order valence-corrected chi connectivity index (χ3v) is 4.15. The summed E-state index contributed by atoms with van der Waals surface area (Å²) in [5, 5.41) is 4.00. The number of aryl methyl sites for hydroxylation is 1. The summed E-state index contributed by atoms with van der Waals surface area (Å²) < 4.78 is 11.0. The van der Waals surface area contributed by atoms with Gasteiger partial charge in [0.1, 0.15) is 18.1 Å². The molecule has 142 valence electrons. The second kappa shape index (κ2) is 9.37. The van der Waals surface area contributed by atoms with Crippen molar-refractivity contribution < 1.29 is 14.3 Å². The van der Waals surface area contributed by atoms with E-state index in [1.165, 1.54) is 5.56 Å². The van der Waals surface area contributed by atoms with Crippen molar-refractivity contribution in [1.29, 1.82) is 0 Å². The molecule has 0 aliphatic carbocycles. The SMILES string of the molecule is COc1ccccc1C=NNC(=O)c1ccc(OCc2ccc(C)cc2)cc1. The zero-order valence-electron chi connectivity index (χ0n) is 15.9. The number of carbonyl (C=O) groups excluding carboxylic acids is 1. The Morgan fingerprint density at radius 2 is 1.71 bits per heavy atom. The highest BCUT2D eigenvalue weighted by molar-refractivity contribution is 5.95. The Labute approximate surface area is 164 Å². The molecule has 28 heavy (non-hydrogen) atoms. The zero-order chi connectivity index (χ0) is 19.8. The standard InChI is InChI=1S/C23H22N2O3/c1-17-7-9-18(10-8-17)16-28-21-13-11-19(12-14-21)23(26)25-24-15-20-5-3-4-6-22(20)27-2/h3-15H,16H2,1-2H3,(H,25,26). The van der Waals surface area contributed by atoms with Crippen LogP contribution in [0.25, 0.3) is 0 Å². The monoisotopic (exact) mass is 374 g/mol. The van der Waals surface area contributed by atoms with Crippen LogP contribution in [0.2, 0.25) is 0 Å². The lowest BCUT2D eigenvalue weighted by molar-refractivity contribution is 0.0955. The summed E-state index contributed by atoms with van der Waals surface area (Å²) in [5.74, 6) is 1.10. The van der Waals surface area contributed by atoms with Gasteiger partial charge in [-0.2, -0.15) is 5.10 Å². The van der Waals surface area contributed by atoms with E-state index in [1.807, 2.05) is 36.4 Å². The maximum absolute atomic E-state index is 12.2. The number of para-hydroxylation sites is 1. The first-order chi connectivity index (χ1) is 13.7. The average molecular weight is 374 g/mol. The van der Waals surface area contributed by atoms with Crippen LogP contribution in [0.4, 0.5) is 0 Å². The number of amides is 1. The van der Waals surface area contributed by atoms with E-state index in [0.717, 1.165) is 11.1 Å². The first-order valence-electron chi connectivity index (χ1n) is 8.90. The molecule has 0 radical (unpaired) electrons. The molecule has 1 N–H and O–H groups in total. The quantitative estimate of drug-likeness (QED) is 0.494. The molecule has 5 heteroatoms. The molecule has 3 rings (SSSR count). The van der Waals surface area contributed by atoms with Crippen LogP contribution in [0.1, 0.15) is 27.0 Å². The van der Waals surface area contributed by atoms with Crippen molar-refractivity contribution in [2.45, 2.75) is 13.5 Å². The van der Waals surface area contributed by atoms with Gasteiger partial charge in [0, 0.05) is 11.1 Å². The third kappa shape index (κ3) is 5.20. The summed E-state index contributed by atoms with van der Waals surface area (Å²) in [6.07, 6.45) is 1.55. The normalized spacial score (nSPS) is 10.6. The molecule has 0 heterocycles. The molecule has 0 atom stereocenters. The van der Waals surface area contributed by atoms with E-state index >= 15 is 0 Å². The Morgan fingerprint density at radius 1 is 1.00 bits per heavy atom. The molecule has 3 aromatic carbocycles. The fourth-order valence-electron chi connectivity index (χ4n) is 2.55. The molecule has 0 fully saturated rings. The van der Waals surface area contributed by atoms with Crippen molar-refractivity contribution in [3.63, 3.8) is 0 Å². The Hall–Kier alpha value is -3.60. The molecule has 0 saturated carbocycles. The molecule has 0 aromatic heterocycles. The summed E-state index contributed by atoms with van der Waals surface area (Å²) >= 11 is 0. The Morgan fingerprint density at radius 3 is 2.43 bits per heavy atom. The fourth-order valence-corrected chi connectivity index (χ4v) is 2.55. The van der Waals surface area contributed by atoms with E-state index in [1.54, 1.807) is 37.6 Å². The van der Waals surface area contributed by atoms with Gasteiger partial charge in [0.05, 0.1) is 13.3 Å².